The van der Waals surface area contributed by atoms with E-state index in [0.29, 0.717) is 23.7 Å². The Balaban J connectivity index is 1.96. The third-order valence-electron chi connectivity index (χ3n) is 4.87. The fourth-order valence-electron chi connectivity index (χ4n) is 4.32. The lowest BCUT2D eigenvalue weighted by Gasteiger charge is -2.14. The van der Waals surface area contributed by atoms with Crippen LogP contribution in [0.1, 0.15) is 0 Å². The summed E-state index contributed by atoms with van der Waals surface area (Å²) in [5.74, 6) is 4.31. The minimum Gasteiger partial charge on any atom is -0.0986 e. The Morgan fingerprint density at radius 3 is 1.21 bits per heavy atom. The van der Waals surface area contributed by atoms with Gasteiger partial charge >= 0.3 is 0 Å². The van der Waals surface area contributed by atoms with Crippen molar-refractivity contribution >= 4 is 0 Å². The Kier molecular flexibility index (Phi) is 1.03. The minimum atomic E-state index is 0.668. The highest BCUT2D eigenvalue weighted by molar-refractivity contribution is 5.45. The molecule has 4 aliphatic carbocycles. The summed E-state index contributed by atoms with van der Waals surface area (Å²) < 4.78 is 0. The molecule has 0 amide bonds. The van der Waals surface area contributed by atoms with Crippen molar-refractivity contribution in [2.75, 3.05) is 0 Å². The average Bonchev–Trinajstić information content (AvgIpc) is 2.83. The lowest BCUT2D eigenvalue weighted by Crippen LogP contribution is -2.12. The Morgan fingerprint density at radius 1 is 0.643 bits per heavy atom. The Bertz CT molecular complexity index is 338. The largest absolute Gasteiger partial charge is 0.0986 e. The summed E-state index contributed by atoms with van der Waals surface area (Å²) in [6, 6.07) is 0. The molecule has 0 radical (unpaired) electrons. The van der Waals surface area contributed by atoms with Crippen molar-refractivity contribution < 1.29 is 0 Å². The molecule has 0 N–H and O–H groups in total. The van der Waals surface area contributed by atoms with E-state index in [1.807, 2.05) is 0 Å². The van der Waals surface area contributed by atoms with Gasteiger partial charge in [-0.2, -0.15) is 0 Å². The van der Waals surface area contributed by atoms with Gasteiger partial charge in [-0.15, -0.1) is 0 Å². The van der Waals surface area contributed by atoms with E-state index < -0.39 is 0 Å². The van der Waals surface area contributed by atoms with Crippen molar-refractivity contribution in [3.05, 3.63) is 48.6 Å². The zero-order chi connectivity index (χ0) is 9.45. The first-order chi connectivity index (χ1) is 6.79. The van der Waals surface area contributed by atoms with Crippen LogP contribution in [0.3, 0.4) is 0 Å². The molecule has 4 atom stereocenters. The van der Waals surface area contributed by atoms with Crippen LogP contribution in [0.5, 0.6) is 0 Å². The molecular formula is C14H14. The van der Waals surface area contributed by atoms with Crippen molar-refractivity contribution in [3.63, 3.8) is 0 Å². The van der Waals surface area contributed by atoms with Crippen molar-refractivity contribution in [1.82, 2.24) is 0 Å². The Labute approximate surface area is 84.7 Å². The normalized spacial score (nSPS) is 56.3. The average molecular weight is 182 g/mol. The molecule has 14 heavy (non-hydrogen) atoms. The van der Waals surface area contributed by atoms with Crippen LogP contribution in [0.15, 0.2) is 48.6 Å². The molecule has 0 saturated heterocycles. The number of hydrogen-bond acceptors (Lipinski definition) is 0. The quantitative estimate of drug-likeness (QED) is 0.505. The monoisotopic (exact) mass is 182 g/mol. The number of hydrogen-bond donors (Lipinski definition) is 0. The second-order valence-corrected chi connectivity index (χ2v) is 5.18. The highest BCUT2D eigenvalue weighted by atomic mass is 14.6. The van der Waals surface area contributed by atoms with Gasteiger partial charge in [-0.3, -0.25) is 0 Å². The molecule has 4 rings (SSSR count). The predicted octanol–water partition coefficient (Wildman–Crippen LogP) is 2.96. The fraction of sp³-hybridized carbons (Fsp3) is 0.429. The second-order valence-electron chi connectivity index (χ2n) is 5.18. The van der Waals surface area contributed by atoms with Crippen molar-refractivity contribution in [1.29, 1.82) is 0 Å². The van der Waals surface area contributed by atoms with E-state index in [4.69, 9.17) is 0 Å². The zero-order valence-corrected chi connectivity index (χ0v) is 8.19. The van der Waals surface area contributed by atoms with Crippen molar-refractivity contribution in [2.24, 2.45) is 35.5 Å². The maximum Gasteiger partial charge on any atom is 0.00206 e. The maximum absolute atomic E-state index is 4.29. The van der Waals surface area contributed by atoms with Crippen LogP contribution >= 0.6 is 0 Å². The summed E-state index contributed by atoms with van der Waals surface area (Å²) in [6.45, 7) is 8.57. The third kappa shape index (κ3) is 0.538. The van der Waals surface area contributed by atoms with Crippen LogP contribution < -0.4 is 0 Å². The minimum absolute atomic E-state index is 0.668. The topological polar surface area (TPSA) is 0 Å². The van der Waals surface area contributed by atoms with Crippen LogP contribution in [0, 0.1) is 35.5 Å². The van der Waals surface area contributed by atoms with E-state index in [1.54, 1.807) is 0 Å². The van der Waals surface area contributed by atoms with Crippen LogP contribution in [0.4, 0.5) is 0 Å². The summed E-state index contributed by atoms with van der Waals surface area (Å²) in [4.78, 5) is 0. The summed E-state index contributed by atoms with van der Waals surface area (Å²) >= 11 is 0. The molecule has 0 heteroatoms. The first-order valence-electron chi connectivity index (χ1n) is 5.53. The molecule has 0 heterocycles. The summed E-state index contributed by atoms with van der Waals surface area (Å²) in [5, 5.41) is 0. The van der Waals surface area contributed by atoms with Gasteiger partial charge in [0, 0.05) is 23.7 Å². The van der Waals surface area contributed by atoms with E-state index in [0.717, 1.165) is 11.8 Å². The van der Waals surface area contributed by atoms with Crippen LogP contribution in [-0.4, -0.2) is 0 Å². The maximum atomic E-state index is 4.29. The molecule has 0 aromatic carbocycles. The molecule has 0 bridgehead atoms. The molecule has 2 fully saturated rings. The van der Waals surface area contributed by atoms with Gasteiger partial charge in [0.15, 0.2) is 0 Å². The SMILES string of the molecule is C=C1C2C=CC3C(=C)C4C=CC1C4C23. The molecule has 0 spiro atoms. The van der Waals surface area contributed by atoms with E-state index >= 15 is 0 Å². The summed E-state index contributed by atoms with van der Waals surface area (Å²) in [7, 11) is 0. The van der Waals surface area contributed by atoms with Gasteiger partial charge in [0.05, 0.1) is 0 Å². The van der Waals surface area contributed by atoms with Crippen LogP contribution in [-0.2, 0) is 0 Å². The fourth-order valence-corrected chi connectivity index (χ4v) is 4.32. The van der Waals surface area contributed by atoms with Gasteiger partial charge in [-0.1, -0.05) is 48.6 Å². The molecule has 0 aromatic heterocycles. The molecule has 4 unspecified atom stereocenters. The van der Waals surface area contributed by atoms with Gasteiger partial charge in [0.25, 0.3) is 0 Å². The lowest BCUT2D eigenvalue weighted by molar-refractivity contribution is 0.343. The molecule has 70 valence electrons. The standard InChI is InChI=1S/C14H14/c1-7-9-3-5-11-8(2)12-6-4-10(7)14(12)13(9)11/h3-6,9-14H,1-2H2. The van der Waals surface area contributed by atoms with Crippen molar-refractivity contribution in [3.8, 4) is 0 Å². The van der Waals surface area contributed by atoms with Crippen LogP contribution in [0.2, 0.25) is 0 Å². The van der Waals surface area contributed by atoms with Gasteiger partial charge < -0.3 is 0 Å². The molecule has 0 aromatic rings. The van der Waals surface area contributed by atoms with E-state index in [-0.39, 0.29) is 0 Å². The molecular weight excluding hydrogens is 168 g/mol. The van der Waals surface area contributed by atoms with E-state index in [1.165, 1.54) is 11.1 Å². The smallest absolute Gasteiger partial charge is 0.00206 e. The molecule has 0 aliphatic heterocycles. The Hall–Kier alpha value is -1.04. The van der Waals surface area contributed by atoms with Gasteiger partial charge in [-0.05, 0) is 11.8 Å². The van der Waals surface area contributed by atoms with Gasteiger partial charge in [-0.25, -0.2) is 0 Å². The third-order valence-corrected chi connectivity index (χ3v) is 4.87. The second kappa shape index (κ2) is 1.98. The van der Waals surface area contributed by atoms with E-state index in [9.17, 15) is 0 Å². The van der Waals surface area contributed by atoms with Gasteiger partial charge in [0.2, 0.25) is 0 Å². The van der Waals surface area contributed by atoms with Crippen LogP contribution in [0.25, 0.3) is 0 Å². The molecule has 2 saturated carbocycles. The Morgan fingerprint density at radius 2 is 0.929 bits per heavy atom. The van der Waals surface area contributed by atoms with E-state index in [2.05, 4.69) is 37.5 Å². The summed E-state index contributed by atoms with van der Waals surface area (Å²) in [6.07, 6.45) is 9.52. The lowest BCUT2D eigenvalue weighted by atomic mass is 9.88. The van der Waals surface area contributed by atoms with Gasteiger partial charge in [0.1, 0.15) is 0 Å². The zero-order valence-electron chi connectivity index (χ0n) is 8.19. The predicted molar refractivity (Wildman–Crippen MR) is 57.5 cm³/mol. The summed E-state index contributed by atoms with van der Waals surface area (Å²) in [5.41, 5.74) is 2.93. The van der Waals surface area contributed by atoms with Crippen molar-refractivity contribution in [2.45, 2.75) is 0 Å². The first kappa shape index (κ1) is 7.28. The highest BCUT2D eigenvalue weighted by Crippen LogP contribution is 2.66. The first-order valence-corrected chi connectivity index (χ1v) is 5.53. The number of allylic oxidation sites excluding steroid dienone is 6. The number of rotatable bonds is 0. The molecule has 0 nitrogen and oxygen atoms in total. The molecule has 4 aliphatic rings. The highest BCUT2D eigenvalue weighted by Gasteiger charge is 2.59.